The standard InChI is InChI=1S/C22H30NO/c1-6-21(24)22(17-18(2)23(3,4)5,19-13-9-7-10-14-19)20-15-11-8-12-16-20/h7-16,18H,6,17H2,1-5H3/q+1. The summed E-state index contributed by atoms with van der Waals surface area (Å²) >= 11 is 0. The van der Waals surface area contributed by atoms with Gasteiger partial charge in [0.15, 0.2) is 0 Å². The Morgan fingerprint density at radius 2 is 1.33 bits per heavy atom. The molecule has 2 rings (SSSR count). The Labute approximate surface area is 146 Å². The molecule has 0 bridgehead atoms. The van der Waals surface area contributed by atoms with E-state index in [1.807, 2.05) is 43.3 Å². The van der Waals surface area contributed by atoms with Crippen LogP contribution in [0, 0.1) is 0 Å². The maximum Gasteiger partial charge on any atom is 0.147 e. The summed E-state index contributed by atoms with van der Waals surface area (Å²) in [6.07, 6.45) is 1.34. The van der Waals surface area contributed by atoms with Gasteiger partial charge in [-0.2, -0.15) is 0 Å². The third-order valence-corrected chi connectivity index (χ3v) is 5.25. The molecule has 2 aromatic carbocycles. The van der Waals surface area contributed by atoms with Gasteiger partial charge >= 0.3 is 0 Å². The van der Waals surface area contributed by atoms with Crippen LogP contribution in [-0.4, -0.2) is 37.5 Å². The Kier molecular flexibility index (Phi) is 5.61. The molecular weight excluding hydrogens is 294 g/mol. The van der Waals surface area contributed by atoms with Crippen molar-refractivity contribution in [1.29, 1.82) is 0 Å². The number of nitrogens with zero attached hydrogens (tertiary/aromatic N) is 1. The summed E-state index contributed by atoms with van der Waals surface area (Å²) in [4.78, 5) is 13.3. The molecular formula is C22H30NO+. The predicted octanol–water partition coefficient (Wildman–Crippen LogP) is 4.44. The number of carbonyl (C=O) groups excluding carboxylic acids is 1. The largest absolute Gasteiger partial charge is 0.329 e. The molecule has 128 valence electrons. The second kappa shape index (κ2) is 7.31. The number of carbonyl (C=O) groups is 1. The highest BCUT2D eigenvalue weighted by molar-refractivity contribution is 5.93. The molecule has 2 nitrogen and oxygen atoms in total. The molecule has 24 heavy (non-hydrogen) atoms. The van der Waals surface area contributed by atoms with Crippen molar-refractivity contribution < 1.29 is 9.28 Å². The molecule has 1 unspecified atom stereocenters. The van der Waals surface area contributed by atoms with Gasteiger partial charge in [0.05, 0.1) is 32.6 Å². The summed E-state index contributed by atoms with van der Waals surface area (Å²) in [5.74, 6) is 0.292. The average Bonchev–Trinajstić information content (AvgIpc) is 2.59. The smallest absolute Gasteiger partial charge is 0.147 e. The molecule has 1 atom stereocenters. The number of hydrogen-bond acceptors (Lipinski definition) is 1. The van der Waals surface area contributed by atoms with Gasteiger partial charge in [0.1, 0.15) is 5.78 Å². The van der Waals surface area contributed by atoms with Crippen LogP contribution in [0.2, 0.25) is 0 Å². The maximum atomic E-state index is 13.3. The van der Waals surface area contributed by atoms with Crippen LogP contribution in [0.25, 0.3) is 0 Å². The summed E-state index contributed by atoms with van der Waals surface area (Å²) in [6.45, 7) is 4.21. The third kappa shape index (κ3) is 3.59. The summed E-state index contributed by atoms with van der Waals surface area (Å²) < 4.78 is 0.832. The van der Waals surface area contributed by atoms with Gasteiger partial charge in [0.2, 0.25) is 0 Å². The lowest BCUT2D eigenvalue weighted by atomic mass is 9.66. The zero-order valence-corrected chi connectivity index (χ0v) is 15.6. The quantitative estimate of drug-likeness (QED) is 0.688. The van der Waals surface area contributed by atoms with Gasteiger partial charge < -0.3 is 4.48 Å². The molecule has 0 radical (unpaired) electrons. The number of rotatable bonds is 7. The van der Waals surface area contributed by atoms with Crippen molar-refractivity contribution in [3.8, 4) is 0 Å². The van der Waals surface area contributed by atoms with Crippen LogP contribution in [0.3, 0.4) is 0 Å². The van der Waals surface area contributed by atoms with Crippen LogP contribution in [0.1, 0.15) is 37.8 Å². The maximum absolute atomic E-state index is 13.3. The summed E-state index contributed by atoms with van der Waals surface area (Å²) in [5.41, 5.74) is 1.62. The minimum atomic E-state index is -0.581. The molecule has 0 spiro atoms. The van der Waals surface area contributed by atoms with E-state index in [1.54, 1.807) is 0 Å². The van der Waals surface area contributed by atoms with Crippen LogP contribution >= 0.6 is 0 Å². The molecule has 0 aliphatic rings. The van der Waals surface area contributed by atoms with Gasteiger partial charge in [-0.05, 0) is 18.1 Å². The number of ketones is 1. The number of benzene rings is 2. The molecule has 0 saturated carbocycles. The highest BCUT2D eigenvalue weighted by atomic mass is 16.1. The van der Waals surface area contributed by atoms with Crippen molar-refractivity contribution in [2.75, 3.05) is 21.1 Å². The molecule has 0 aromatic heterocycles. The lowest BCUT2D eigenvalue weighted by Gasteiger charge is -2.40. The Morgan fingerprint density at radius 1 is 0.917 bits per heavy atom. The molecule has 0 amide bonds. The fourth-order valence-corrected chi connectivity index (χ4v) is 3.30. The second-order valence-electron chi connectivity index (χ2n) is 7.58. The Morgan fingerprint density at radius 3 is 1.67 bits per heavy atom. The van der Waals surface area contributed by atoms with Crippen LogP contribution in [-0.2, 0) is 10.2 Å². The normalized spacial score (nSPS) is 13.5. The minimum absolute atomic E-state index is 0.292. The summed E-state index contributed by atoms with van der Waals surface area (Å²) in [7, 11) is 6.59. The Balaban J connectivity index is 2.68. The number of quaternary nitrogens is 1. The zero-order chi connectivity index (χ0) is 17.8. The van der Waals surface area contributed by atoms with Crippen molar-refractivity contribution >= 4 is 5.78 Å². The summed E-state index contributed by atoms with van der Waals surface area (Å²) in [5, 5.41) is 0. The van der Waals surface area contributed by atoms with E-state index in [-0.39, 0.29) is 0 Å². The highest BCUT2D eigenvalue weighted by Crippen LogP contribution is 2.40. The van der Waals surface area contributed by atoms with Gasteiger partial charge in [-0.15, -0.1) is 0 Å². The minimum Gasteiger partial charge on any atom is -0.329 e. The van der Waals surface area contributed by atoms with E-state index in [0.717, 1.165) is 22.0 Å². The zero-order valence-electron chi connectivity index (χ0n) is 15.6. The van der Waals surface area contributed by atoms with Crippen LogP contribution in [0.15, 0.2) is 60.7 Å². The molecule has 0 aliphatic carbocycles. The SMILES string of the molecule is CCC(=O)C(CC(C)[N+](C)(C)C)(c1ccccc1)c1ccccc1. The first-order valence-corrected chi connectivity index (χ1v) is 8.78. The Bertz CT molecular complexity index is 616. The molecule has 0 saturated heterocycles. The van der Waals surface area contributed by atoms with Crippen molar-refractivity contribution in [3.63, 3.8) is 0 Å². The highest BCUT2D eigenvalue weighted by Gasteiger charge is 2.44. The van der Waals surface area contributed by atoms with E-state index in [4.69, 9.17) is 0 Å². The van der Waals surface area contributed by atoms with E-state index in [9.17, 15) is 4.79 Å². The monoisotopic (exact) mass is 324 g/mol. The fourth-order valence-electron chi connectivity index (χ4n) is 3.30. The lowest BCUT2D eigenvalue weighted by Crippen LogP contribution is -2.49. The predicted molar refractivity (Wildman–Crippen MR) is 101 cm³/mol. The molecule has 0 aliphatic heterocycles. The van der Waals surface area contributed by atoms with Crippen LogP contribution in [0.4, 0.5) is 0 Å². The topological polar surface area (TPSA) is 17.1 Å². The van der Waals surface area contributed by atoms with Gasteiger partial charge in [-0.3, -0.25) is 4.79 Å². The number of Topliss-reactive ketones (excluding diaryl/α,β-unsaturated/α-hetero) is 1. The first-order valence-electron chi connectivity index (χ1n) is 8.78. The van der Waals surface area contributed by atoms with E-state index >= 15 is 0 Å². The fraction of sp³-hybridized carbons (Fsp3) is 0.409. The van der Waals surface area contributed by atoms with E-state index < -0.39 is 5.41 Å². The van der Waals surface area contributed by atoms with Crippen LogP contribution < -0.4 is 0 Å². The molecule has 0 N–H and O–H groups in total. The third-order valence-electron chi connectivity index (χ3n) is 5.25. The number of hydrogen-bond donors (Lipinski definition) is 0. The van der Waals surface area contributed by atoms with E-state index in [1.165, 1.54) is 0 Å². The van der Waals surface area contributed by atoms with Crippen LogP contribution in [0.5, 0.6) is 0 Å². The first-order chi connectivity index (χ1) is 11.3. The lowest BCUT2D eigenvalue weighted by molar-refractivity contribution is -0.894. The van der Waals surface area contributed by atoms with Crippen molar-refractivity contribution in [1.82, 2.24) is 0 Å². The molecule has 0 heterocycles. The van der Waals surface area contributed by atoms with Gasteiger partial charge in [-0.25, -0.2) is 0 Å². The molecule has 2 heteroatoms. The van der Waals surface area contributed by atoms with Gasteiger partial charge in [0.25, 0.3) is 0 Å². The van der Waals surface area contributed by atoms with E-state index in [0.29, 0.717) is 18.2 Å². The molecule has 2 aromatic rings. The first kappa shape index (κ1) is 18.4. The van der Waals surface area contributed by atoms with E-state index in [2.05, 4.69) is 52.3 Å². The van der Waals surface area contributed by atoms with Crippen molar-refractivity contribution in [2.45, 2.75) is 38.1 Å². The van der Waals surface area contributed by atoms with Gasteiger partial charge in [-0.1, -0.05) is 67.6 Å². The average molecular weight is 324 g/mol. The second-order valence-corrected chi connectivity index (χ2v) is 7.58. The Hall–Kier alpha value is -1.93. The van der Waals surface area contributed by atoms with Crippen molar-refractivity contribution in [2.24, 2.45) is 0 Å². The molecule has 0 fully saturated rings. The summed E-state index contributed by atoms with van der Waals surface area (Å²) in [6, 6.07) is 20.9. The van der Waals surface area contributed by atoms with Gasteiger partial charge in [0, 0.05) is 12.8 Å². The van der Waals surface area contributed by atoms with Crippen molar-refractivity contribution in [3.05, 3.63) is 71.8 Å².